The average Bonchev–Trinajstić information content (AvgIpc) is 3.15. The number of benzene rings is 2. The maximum absolute atomic E-state index is 12.5. The van der Waals surface area contributed by atoms with Crippen molar-refractivity contribution in [3.63, 3.8) is 0 Å². The van der Waals surface area contributed by atoms with E-state index in [0.717, 1.165) is 10.7 Å². The summed E-state index contributed by atoms with van der Waals surface area (Å²) in [5, 5.41) is 7.75. The second-order valence-corrected chi connectivity index (χ2v) is 7.58. The maximum atomic E-state index is 12.5. The maximum Gasteiger partial charge on any atom is 0.405 e. The molecule has 0 saturated carbocycles. The van der Waals surface area contributed by atoms with Gasteiger partial charge in [-0.3, -0.25) is 4.79 Å². The van der Waals surface area contributed by atoms with Crippen molar-refractivity contribution in [2.75, 3.05) is 17.2 Å². The number of hydrogen-bond donors (Lipinski definition) is 2. The minimum Gasteiger partial charge on any atom is -0.487 e. The Labute approximate surface area is 181 Å². The SMILES string of the molecule is Cc1nc(COc2ccccc2/C=C/C(=O)Nc2ccccc2NCC(F)(F)F)cs1. The first-order valence-corrected chi connectivity index (χ1v) is 10.2. The zero-order valence-electron chi connectivity index (χ0n) is 16.6. The van der Waals surface area contributed by atoms with E-state index < -0.39 is 18.6 Å². The van der Waals surface area contributed by atoms with Crippen LogP contribution in [0.15, 0.2) is 60.0 Å². The van der Waals surface area contributed by atoms with Gasteiger partial charge in [-0.25, -0.2) is 4.98 Å². The van der Waals surface area contributed by atoms with Crippen molar-refractivity contribution in [1.82, 2.24) is 4.98 Å². The van der Waals surface area contributed by atoms with Crippen molar-refractivity contribution in [2.24, 2.45) is 0 Å². The van der Waals surface area contributed by atoms with Crippen LogP contribution in [0, 0.1) is 6.92 Å². The first-order chi connectivity index (χ1) is 14.8. The van der Waals surface area contributed by atoms with Crippen molar-refractivity contribution >= 4 is 34.7 Å². The van der Waals surface area contributed by atoms with Crippen molar-refractivity contribution in [2.45, 2.75) is 19.7 Å². The number of carbonyl (C=O) groups is 1. The van der Waals surface area contributed by atoms with E-state index in [4.69, 9.17) is 4.74 Å². The fraction of sp³-hybridized carbons (Fsp3) is 0.182. The fourth-order valence-corrected chi connectivity index (χ4v) is 3.25. The lowest BCUT2D eigenvalue weighted by Gasteiger charge is -2.13. The van der Waals surface area contributed by atoms with Gasteiger partial charge < -0.3 is 15.4 Å². The van der Waals surface area contributed by atoms with Crippen LogP contribution in [-0.2, 0) is 11.4 Å². The molecule has 1 heterocycles. The quantitative estimate of drug-likeness (QED) is 0.438. The van der Waals surface area contributed by atoms with Gasteiger partial charge in [0.2, 0.25) is 5.91 Å². The molecule has 0 spiro atoms. The fourth-order valence-electron chi connectivity index (χ4n) is 2.66. The Kier molecular flexibility index (Phi) is 7.30. The number of nitrogens with one attached hydrogen (secondary N) is 2. The zero-order valence-corrected chi connectivity index (χ0v) is 17.4. The molecule has 5 nitrogen and oxygen atoms in total. The molecule has 162 valence electrons. The van der Waals surface area contributed by atoms with E-state index in [0.29, 0.717) is 17.9 Å². The molecule has 31 heavy (non-hydrogen) atoms. The minimum atomic E-state index is -4.36. The van der Waals surface area contributed by atoms with Crippen LogP contribution in [-0.4, -0.2) is 23.6 Å². The van der Waals surface area contributed by atoms with Crippen LogP contribution < -0.4 is 15.4 Å². The molecule has 3 aromatic rings. The van der Waals surface area contributed by atoms with Crippen molar-refractivity contribution in [3.05, 3.63) is 76.3 Å². The predicted molar refractivity (Wildman–Crippen MR) is 116 cm³/mol. The van der Waals surface area contributed by atoms with Crippen LogP contribution in [0.2, 0.25) is 0 Å². The highest BCUT2D eigenvalue weighted by molar-refractivity contribution is 7.09. The number of aromatic nitrogens is 1. The molecule has 0 fully saturated rings. The molecule has 0 radical (unpaired) electrons. The van der Waals surface area contributed by atoms with Crippen LogP contribution >= 0.6 is 11.3 Å². The lowest BCUT2D eigenvalue weighted by atomic mass is 10.2. The Hall–Kier alpha value is -3.33. The van der Waals surface area contributed by atoms with Gasteiger partial charge in [0.1, 0.15) is 18.9 Å². The molecule has 0 unspecified atom stereocenters. The number of hydrogen-bond acceptors (Lipinski definition) is 5. The summed E-state index contributed by atoms with van der Waals surface area (Å²) in [6, 6.07) is 13.4. The number of para-hydroxylation sites is 3. The molecular weight excluding hydrogens is 427 g/mol. The first kappa shape index (κ1) is 22.4. The number of anilines is 2. The smallest absolute Gasteiger partial charge is 0.405 e. The van der Waals surface area contributed by atoms with Gasteiger partial charge >= 0.3 is 6.18 Å². The molecule has 1 amide bonds. The van der Waals surface area contributed by atoms with E-state index in [1.54, 1.807) is 30.3 Å². The number of halogens is 3. The average molecular weight is 447 g/mol. The summed E-state index contributed by atoms with van der Waals surface area (Å²) < 4.78 is 43.2. The summed E-state index contributed by atoms with van der Waals surface area (Å²) in [5.74, 6) is 0.107. The van der Waals surface area contributed by atoms with E-state index in [2.05, 4.69) is 15.6 Å². The van der Waals surface area contributed by atoms with E-state index in [1.165, 1.54) is 29.5 Å². The van der Waals surface area contributed by atoms with Gasteiger partial charge in [0.25, 0.3) is 0 Å². The summed E-state index contributed by atoms with van der Waals surface area (Å²) in [5.41, 5.74) is 1.95. The Morgan fingerprint density at radius 3 is 2.55 bits per heavy atom. The van der Waals surface area contributed by atoms with Crippen LogP contribution in [0.1, 0.15) is 16.3 Å². The number of alkyl halides is 3. The number of carbonyl (C=O) groups excluding carboxylic acids is 1. The molecule has 0 bridgehead atoms. The Morgan fingerprint density at radius 2 is 1.84 bits per heavy atom. The van der Waals surface area contributed by atoms with Gasteiger partial charge in [-0.1, -0.05) is 30.3 Å². The second-order valence-electron chi connectivity index (χ2n) is 6.52. The Balaban J connectivity index is 1.64. The summed E-state index contributed by atoms with van der Waals surface area (Å²) in [6.07, 6.45) is -1.48. The van der Waals surface area contributed by atoms with Crippen LogP contribution in [0.3, 0.4) is 0 Å². The van der Waals surface area contributed by atoms with Gasteiger partial charge in [0.05, 0.1) is 22.1 Å². The molecule has 3 rings (SSSR count). The molecular formula is C22H20F3N3O2S. The van der Waals surface area contributed by atoms with E-state index in [-0.39, 0.29) is 11.4 Å². The summed E-state index contributed by atoms with van der Waals surface area (Å²) in [7, 11) is 0. The summed E-state index contributed by atoms with van der Waals surface area (Å²) >= 11 is 1.54. The van der Waals surface area contributed by atoms with Crippen LogP contribution in [0.25, 0.3) is 6.08 Å². The van der Waals surface area contributed by atoms with Gasteiger partial charge in [-0.15, -0.1) is 11.3 Å². The molecule has 0 aliphatic heterocycles. The van der Waals surface area contributed by atoms with E-state index in [9.17, 15) is 18.0 Å². The summed E-state index contributed by atoms with van der Waals surface area (Å²) in [4.78, 5) is 16.7. The van der Waals surface area contributed by atoms with Crippen molar-refractivity contribution < 1.29 is 22.7 Å². The topological polar surface area (TPSA) is 63.2 Å². The number of thiazole rings is 1. The molecule has 2 aromatic carbocycles. The molecule has 2 N–H and O–H groups in total. The van der Waals surface area contributed by atoms with Crippen molar-refractivity contribution in [1.29, 1.82) is 0 Å². The lowest BCUT2D eigenvalue weighted by Crippen LogP contribution is -2.22. The molecule has 9 heteroatoms. The third-order valence-corrected chi connectivity index (χ3v) is 4.86. The summed E-state index contributed by atoms with van der Waals surface area (Å²) in [6.45, 7) is 1.03. The third kappa shape index (κ3) is 7.14. The normalized spacial score (nSPS) is 11.5. The first-order valence-electron chi connectivity index (χ1n) is 9.32. The van der Waals surface area contributed by atoms with Crippen LogP contribution in [0.4, 0.5) is 24.5 Å². The van der Waals surface area contributed by atoms with Gasteiger partial charge in [0.15, 0.2) is 0 Å². The zero-order chi connectivity index (χ0) is 22.3. The molecule has 0 saturated heterocycles. The lowest BCUT2D eigenvalue weighted by molar-refractivity contribution is -0.115. The van der Waals surface area contributed by atoms with E-state index >= 15 is 0 Å². The monoisotopic (exact) mass is 447 g/mol. The minimum absolute atomic E-state index is 0.184. The number of ether oxygens (including phenoxy) is 1. The molecule has 1 aromatic heterocycles. The van der Waals surface area contributed by atoms with E-state index in [1.807, 2.05) is 24.4 Å². The molecule has 0 aliphatic rings. The largest absolute Gasteiger partial charge is 0.487 e. The Bertz CT molecular complexity index is 1060. The van der Waals surface area contributed by atoms with Crippen LogP contribution in [0.5, 0.6) is 5.75 Å². The number of nitrogens with zero attached hydrogens (tertiary/aromatic N) is 1. The standard InChI is InChI=1S/C22H20F3N3O2S/c1-15-27-17(13-31-15)12-30-20-9-5-2-6-16(20)10-11-21(29)28-19-8-4-3-7-18(19)26-14-22(23,24)25/h2-11,13,26H,12,14H2,1H3,(H,28,29)/b11-10+. The number of aryl methyl sites for hydroxylation is 1. The second kappa shape index (κ2) is 10.1. The van der Waals surface area contributed by atoms with Gasteiger partial charge in [0, 0.05) is 17.0 Å². The van der Waals surface area contributed by atoms with Gasteiger partial charge in [-0.2, -0.15) is 13.2 Å². The highest BCUT2D eigenvalue weighted by atomic mass is 32.1. The highest BCUT2D eigenvalue weighted by Gasteiger charge is 2.27. The number of rotatable bonds is 8. The Morgan fingerprint density at radius 1 is 1.13 bits per heavy atom. The van der Waals surface area contributed by atoms with Crippen molar-refractivity contribution in [3.8, 4) is 5.75 Å². The molecule has 0 aliphatic carbocycles. The number of amides is 1. The highest BCUT2D eigenvalue weighted by Crippen LogP contribution is 2.24. The third-order valence-electron chi connectivity index (χ3n) is 4.04. The van der Waals surface area contributed by atoms with Gasteiger partial charge in [-0.05, 0) is 31.2 Å². The molecule has 0 atom stereocenters. The predicted octanol–water partition coefficient (Wildman–Crippen LogP) is 5.66.